The van der Waals surface area contributed by atoms with Gasteiger partial charge in [0.05, 0.1) is 6.08 Å². The van der Waals surface area contributed by atoms with Gasteiger partial charge >= 0.3 is 11.9 Å². The van der Waals surface area contributed by atoms with Crippen LogP contribution in [0.25, 0.3) is 0 Å². The molecule has 1 aliphatic rings. The molecule has 0 bridgehead atoms. The normalized spacial score (nSPS) is 16.6. The zero-order chi connectivity index (χ0) is 13.1. The van der Waals surface area contributed by atoms with Crippen molar-refractivity contribution in [1.82, 2.24) is 0 Å². The predicted octanol–water partition coefficient (Wildman–Crippen LogP) is 1.81. The third kappa shape index (κ3) is 2.95. The number of nitrogens with zero attached hydrogens (tertiary/aromatic N) is 1. The van der Waals surface area contributed by atoms with Crippen molar-refractivity contribution in [2.24, 2.45) is 4.99 Å². The maximum Gasteiger partial charge on any atom is 0.363 e. The van der Waals surface area contributed by atoms with Crippen LogP contribution in [0.1, 0.15) is 5.56 Å². The van der Waals surface area contributed by atoms with E-state index in [2.05, 4.69) is 4.99 Å². The third-order valence-electron chi connectivity index (χ3n) is 2.19. The summed E-state index contributed by atoms with van der Waals surface area (Å²) in [6, 6.07) is 6.97. The number of rotatable bonds is 3. The molecule has 18 heavy (non-hydrogen) atoms. The summed E-state index contributed by atoms with van der Waals surface area (Å²) in [6.07, 6.45) is 1.02. The van der Waals surface area contributed by atoms with Crippen LogP contribution in [-0.2, 0) is 20.7 Å². The lowest BCUT2D eigenvalue weighted by molar-refractivity contribution is -0.133. The molecule has 0 saturated heterocycles. The number of carbonyl (C=O) groups is 2. The molecule has 1 N–H and O–H groups in total. The molecule has 92 valence electrons. The largest absolute Gasteiger partial charge is 0.478 e. The number of hydrogen-bond acceptors (Lipinski definition) is 4. The number of aliphatic imine (C=N–C) groups is 1. The highest BCUT2D eigenvalue weighted by Crippen LogP contribution is 2.15. The lowest BCUT2D eigenvalue weighted by Gasteiger charge is -1.99. The van der Waals surface area contributed by atoms with E-state index in [9.17, 15) is 9.59 Å². The molecule has 0 aliphatic carbocycles. The highest BCUT2D eigenvalue weighted by Gasteiger charge is 2.23. The van der Waals surface area contributed by atoms with E-state index in [4.69, 9.17) is 21.4 Å². The van der Waals surface area contributed by atoms with E-state index in [0.29, 0.717) is 11.4 Å². The summed E-state index contributed by atoms with van der Waals surface area (Å²) >= 11 is 5.74. The molecule has 0 fully saturated rings. The first-order valence-electron chi connectivity index (χ1n) is 5.03. The average Bonchev–Trinajstić information content (AvgIpc) is 2.62. The van der Waals surface area contributed by atoms with Crippen LogP contribution in [0.2, 0.25) is 5.02 Å². The number of aliphatic carboxylic acids is 1. The van der Waals surface area contributed by atoms with Crippen molar-refractivity contribution >= 4 is 29.4 Å². The zero-order valence-electron chi connectivity index (χ0n) is 9.09. The van der Waals surface area contributed by atoms with E-state index >= 15 is 0 Å². The topological polar surface area (TPSA) is 76.0 Å². The molecule has 0 atom stereocenters. The Morgan fingerprint density at radius 3 is 2.67 bits per heavy atom. The molecule has 0 amide bonds. The van der Waals surface area contributed by atoms with Crippen LogP contribution < -0.4 is 0 Å². The fourth-order valence-electron chi connectivity index (χ4n) is 1.42. The minimum absolute atomic E-state index is 0.176. The van der Waals surface area contributed by atoms with Crippen LogP contribution in [0.15, 0.2) is 41.0 Å². The van der Waals surface area contributed by atoms with Crippen molar-refractivity contribution in [3.05, 3.63) is 46.6 Å². The van der Waals surface area contributed by atoms with Gasteiger partial charge in [-0.3, -0.25) is 0 Å². The van der Waals surface area contributed by atoms with Crippen LogP contribution in [-0.4, -0.2) is 22.9 Å². The van der Waals surface area contributed by atoms with Gasteiger partial charge in [0, 0.05) is 11.4 Å². The van der Waals surface area contributed by atoms with E-state index < -0.39 is 11.9 Å². The van der Waals surface area contributed by atoms with E-state index in [-0.39, 0.29) is 11.6 Å². The van der Waals surface area contributed by atoms with Crippen molar-refractivity contribution in [3.63, 3.8) is 0 Å². The summed E-state index contributed by atoms with van der Waals surface area (Å²) in [5.41, 5.74) is 0.661. The van der Waals surface area contributed by atoms with Gasteiger partial charge in [0.25, 0.3) is 0 Å². The Morgan fingerprint density at radius 1 is 1.39 bits per heavy atom. The van der Waals surface area contributed by atoms with Crippen molar-refractivity contribution in [2.75, 3.05) is 0 Å². The van der Waals surface area contributed by atoms with Gasteiger partial charge in [0.2, 0.25) is 5.90 Å². The van der Waals surface area contributed by atoms with E-state index in [1.165, 1.54) is 0 Å². The first-order chi connectivity index (χ1) is 8.54. The van der Waals surface area contributed by atoms with Crippen LogP contribution in [0.4, 0.5) is 0 Å². The summed E-state index contributed by atoms with van der Waals surface area (Å²) in [6.45, 7) is 0. The number of cyclic esters (lactones) is 1. The fraction of sp³-hybridized carbons (Fsp3) is 0.0833. The lowest BCUT2D eigenvalue weighted by Crippen LogP contribution is -2.07. The number of carboxylic acid groups (broad SMARTS) is 1. The van der Waals surface area contributed by atoms with Gasteiger partial charge in [-0.25, -0.2) is 14.6 Å². The van der Waals surface area contributed by atoms with Crippen LogP contribution in [0, 0.1) is 0 Å². The molecule has 1 aromatic rings. The number of halogens is 1. The summed E-state index contributed by atoms with van der Waals surface area (Å²) < 4.78 is 4.86. The van der Waals surface area contributed by atoms with Crippen LogP contribution in [0.5, 0.6) is 0 Å². The Labute approximate surface area is 107 Å². The van der Waals surface area contributed by atoms with E-state index in [1.54, 1.807) is 24.3 Å². The summed E-state index contributed by atoms with van der Waals surface area (Å²) in [7, 11) is 0. The summed E-state index contributed by atoms with van der Waals surface area (Å²) in [5.74, 6) is -1.81. The second kappa shape index (κ2) is 5.01. The Hall–Kier alpha value is -2.14. The maximum absolute atomic E-state index is 11.3. The first-order valence-corrected chi connectivity index (χ1v) is 5.41. The molecule has 0 spiro atoms. The molecule has 6 heteroatoms. The number of benzene rings is 1. The smallest absolute Gasteiger partial charge is 0.363 e. The monoisotopic (exact) mass is 265 g/mol. The molecule has 0 unspecified atom stereocenters. The molecule has 1 heterocycles. The standard InChI is InChI=1S/C12H8ClNO4/c13-8-3-1-7(2-4-8)5-10-14-9(6-11(15)16)12(17)18-10/h1-4,6H,5H2,(H,15,16)/b9-6+. The Morgan fingerprint density at radius 2 is 2.06 bits per heavy atom. The average molecular weight is 266 g/mol. The third-order valence-corrected chi connectivity index (χ3v) is 2.45. The second-order valence-electron chi connectivity index (χ2n) is 3.57. The molecular weight excluding hydrogens is 258 g/mol. The maximum atomic E-state index is 11.3. The van der Waals surface area contributed by atoms with E-state index in [1.807, 2.05) is 0 Å². The molecule has 1 aliphatic heterocycles. The molecular formula is C12H8ClNO4. The number of carbonyl (C=O) groups excluding carboxylic acids is 1. The second-order valence-corrected chi connectivity index (χ2v) is 4.00. The quantitative estimate of drug-likeness (QED) is 0.668. The van der Waals surface area contributed by atoms with Crippen molar-refractivity contribution < 1.29 is 19.4 Å². The SMILES string of the molecule is O=C(O)/C=C1/N=C(Cc2ccc(Cl)cc2)OC1=O. The first kappa shape index (κ1) is 12.3. The molecule has 1 aromatic carbocycles. The zero-order valence-corrected chi connectivity index (χ0v) is 9.85. The van der Waals surface area contributed by atoms with Gasteiger partial charge < -0.3 is 9.84 Å². The van der Waals surface area contributed by atoms with Gasteiger partial charge in [-0.05, 0) is 17.7 Å². The number of esters is 1. The minimum atomic E-state index is -1.24. The van der Waals surface area contributed by atoms with Crippen molar-refractivity contribution in [1.29, 1.82) is 0 Å². The minimum Gasteiger partial charge on any atom is -0.478 e. The van der Waals surface area contributed by atoms with Gasteiger partial charge in [0.1, 0.15) is 0 Å². The molecule has 0 radical (unpaired) electrons. The van der Waals surface area contributed by atoms with Gasteiger partial charge in [-0.1, -0.05) is 23.7 Å². The predicted molar refractivity (Wildman–Crippen MR) is 64.4 cm³/mol. The number of ether oxygens (including phenoxy) is 1. The van der Waals surface area contributed by atoms with E-state index in [0.717, 1.165) is 11.6 Å². The lowest BCUT2D eigenvalue weighted by atomic mass is 10.1. The molecule has 0 aromatic heterocycles. The molecule has 2 rings (SSSR count). The summed E-state index contributed by atoms with van der Waals surface area (Å²) in [5, 5.41) is 9.14. The Kier molecular flexibility index (Phi) is 3.43. The van der Waals surface area contributed by atoms with Crippen molar-refractivity contribution in [2.45, 2.75) is 6.42 Å². The fourth-order valence-corrected chi connectivity index (χ4v) is 1.55. The van der Waals surface area contributed by atoms with Crippen LogP contribution in [0.3, 0.4) is 0 Å². The van der Waals surface area contributed by atoms with Gasteiger partial charge in [-0.2, -0.15) is 0 Å². The Bertz CT molecular complexity index is 560. The van der Waals surface area contributed by atoms with Crippen LogP contribution >= 0.6 is 11.6 Å². The molecule has 0 saturated carbocycles. The highest BCUT2D eigenvalue weighted by atomic mass is 35.5. The Balaban J connectivity index is 2.14. The highest BCUT2D eigenvalue weighted by molar-refractivity contribution is 6.30. The summed E-state index contributed by atoms with van der Waals surface area (Å²) in [4.78, 5) is 25.5. The molecule has 5 nitrogen and oxygen atoms in total. The van der Waals surface area contributed by atoms with Gasteiger partial charge in [0.15, 0.2) is 5.70 Å². The van der Waals surface area contributed by atoms with Gasteiger partial charge in [-0.15, -0.1) is 0 Å². The van der Waals surface area contributed by atoms with Crippen molar-refractivity contribution in [3.8, 4) is 0 Å². The number of carboxylic acids is 1. The number of hydrogen-bond donors (Lipinski definition) is 1.